The Hall–Kier alpha value is -3.10. The van der Waals surface area contributed by atoms with Crippen molar-refractivity contribution in [2.45, 2.75) is 57.6 Å². The number of nitrogens with one attached hydrogen (secondary N) is 2. The molecule has 2 fully saturated rings. The largest absolute Gasteiger partial charge is 0.479 e. The van der Waals surface area contributed by atoms with Gasteiger partial charge in [-0.2, -0.15) is 5.01 Å². The molecule has 4 amide bonds. The fourth-order valence-corrected chi connectivity index (χ4v) is 3.66. The zero-order valence-electron chi connectivity index (χ0n) is 17.2. The molecule has 0 aromatic heterocycles. The van der Waals surface area contributed by atoms with E-state index >= 15 is 0 Å². The van der Waals surface area contributed by atoms with Crippen LogP contribution in [0.4, 0.5) is 4.79 Å². The summed E-state index contributed by atoms with van der Waals surface area (Å²) in [4.78, 5) is 49.4. The van der Waals surface area contributed by atoms with Gasteiger partial charge in [0.25, 0.3) is 11.8 Å². The van der Waals surface area contributed by atoms with Gasteiger partial charge in [0.2, 0.25) is 0 Å². The molecule has 9 nitrogen and oxygen atoms in total. The van der Waals surface area contributed by atoms with Crippen LogP contribution in [-0.4, -0.2) is 47.1 Å². The van der Waals surface area contributed by atoms with Crippen LogP contribution in [0.1, 0.15) is 46.0 Å². The third-order valence-corrected chi connectivity index (χ3v) is 5.53. The van der Waals surface area contributed by atoms with Gasteiger partial charge < -0.3 is 14.8 Å². The summed E-state index contributed by atoms with van der Waals surface area (Å²) in [5, 5.41) is 3.39. The topological polar surface area (TPSA) is 114 Å². The van der Waals surface area contributed by atoms with Crippen molar-refractivity contribution in [2.24, 2.45) is 5.92 Å². The number of hydrogen-bond acceptors (Lipinski definition) is 6. The number of hydrazine groups is 1. The van der Waals surface area contributed by atoms with Crippen LogP contribution in [0.15, 0.2) is 30.3 Å². The molecule has 3 rings (SSSR count). The minimum atomic E-state index is -0.954. The number of carbonyl (C=O) groups is 4. The lowest BCUT2D eigenvalue weighted by atomic mass is 9.77. The van der Waals surface area contributed by atoms with Crippen molar-refractivity contribution in [1.82, 2.24) is 15.8 Å². The minimum Gasteiger partial charge on any atom is -0.479 e. The third kappa shape index (κ3) is 4.72. The quantitative estimate of drug-likeness (QED) is 0.518. The second-order valence-electron chi connectivity index (χ2n) is 7.81. The lowest BCUT2D eigenvalue weighted by Gasteiger charge is -2.33. The van der Waals surface area contributed by atoms with Gasteiger partial charge >= 0.3 is 12.0 Å². The molecule has 0 unspecified atom stereocenters. The first-order valence-electron chi connectivity index (χ1n) is 10.2. The van der Waals surface area contributed by atoms with Gasteiger partial charge in [0.1, 0.15) is 11.3 Å². The molecule has 2 aliphatic rings. The summed E-state index contributed by atoms with van der Waals surface area (Å²) in [6.45, 7) is 3.23. The number of para-hydroxylation sites is 1. The van der Waals surface area contributed by atoms with Crippen LogP contribution in [0.25, 0.3) is 0 Å². The molecule has 1 aliphatic heterocycles. The fourth-order valence-electron chi connectivity index (χ4n) is 3.66. The normalized spacial score (nSPS) is 24.3. The molecule has 2 N–H and O–H groups in total. The standard InChI is InChI=1S/C21H27N3O6/c1-3-16(30-15-7-5-4-6-8-15)18(26)29-13-17(25)23-24-19(27)21(22-20(24)28)11-9-14(2)10-12-21/h4-8,14,16H,3,9-13H2,1-2H3,(H,22,28)(H,23,25)/t14?,16-,21?/m1/s1. The SMILES string of the molecule is CC[C@@H](Oc1ccccc1)C(=O)OCC(=O)NN1C(=O)NC2(CCC(C)CC2)C1=O. The average Bonchev–Trinajstić information content (AvgIpc) is 2.97. The first-order valence-corrected chi connectivity index (χ1v) is 10.2. The Morgan fingerprint density at radius 3 is 2.53 bits per heavy atom. The second kappa shape index (κ2) is 9.15. The summed E-state index contributed by atoms with van der Waals surface area (Å²) >= 11 is 0. The first kappa shape index (κ1) is 21.6. The molecular weight excluding hydrogens is 390 g/mol. The number of hydrogen-bond donors (Lipinski definition) is 2. The van der Waals surface area contributed by atoms with Crippen molar-refractivity contribution >= 4 is 23.8 Å². The van der Waals surface area contributed by atoms with Crippen LogP contribution in [-0.2, 0) is 19.1 Å². The van der Waals surface area contributed by atoms with Crippen molar-refractivity contribution in [3.05, 3.63) is 30.3 Å². The average molecular weight is 417 g/mol. The number of imide groups is 1. The van der Waals surface area contributed by atoms with Gasteiger partial charge in [0.05, 0.1) is 0 Å². The zero-order chi connectivity index (χ0) is 21.7. The van der Waals surface area contributed by atoms with Crippen LogP contribution in [0.5, 0.6) is 5.75 Å². The van der Waals surface area contributed by atoms with Gasteiger partial charge in [-0.15, -0.1) is 0 Å². The molecular formula is C21H27N3O6. The number of amides is 4. The summed E-state index contributed by atoms with van der Waals surface area (Å²) in [6, 6.07) is 8.12. The van der Waals surface area contributed by atoms with Crippen molar-refractivity contribution in [1.29, 1.82) is 0 Å². The van der Waals surface area contributed by atoms with E-state index in [-0.39, 0.29) is 0 Å². The van der Waals surface area contributed by atoms with Crippen LogP contribution >= 0.6 is 0 Å². The second-order valence-corrected chi connectivity index (χ2v) is 7.81. The molecule has 1 aromatic carbocycles. The Balaban J connectivity index is 1.51. The number of urea groups is 1. The highest BCUT2D eigenvalue weighted by atomic mass is 16.6. The summed E-state index contributed by atoms with van der Waals surface area (Å²) < 4.78 is 10.6. The highest BCUT2D eigenvalue weighted by Crippen LogP contribution is 2.35. The smallest absolute Gasteiger partial charge is 0.347 e. The molecule has 1 saturated heterocycles. The summed E-state index contributed by atoms with van der Waals surface area (Å²) in [5.41, 5.74) is 1.28. The maximum absolute atomic E-state index is 12.7. The van der Waals surface area contributed by atoms with Crippen LogP contribution in [0, 0.1) is 5.92 Å². The monoisotopic (exact) mass is 417 g/mol. The number of benzene rings is 1. The Bertz CT molecular complexity index is 804. The Labute approximate surface area is 175 Å². The van der Waals surface area contributed by atoms with Crippen molar-refractivity contribution < 1.29 is 28.7 Å². The highest BCUT2D eigenvalue weighted by Gasteiger charge is 2.52. The summed E-state index contributed by atoms with van der Waals surface area (Å²) in [7, 11) is 0. The number of nitrogens with zero attached hydrogens (tertiary/aromatic N) is 1. The minimum absolute atomic E-state index is 0.351. The van der Waals surface area contributed by atoms with Gasteiger partial charge in [0.15, 0.2) is 12.7 Å². The molecule has 1 aliphatic carbocycles. The highest BCUT2D eigenvalue weighted by molar-refractivity contribution is 6.08. The van der Waals surface area contributed by atoms with E-state index in [1.165, 1.54) is 0 Å². The van der Waals surface area contributed by atoms with E-state index in [0.717, 1.165) is 12.8 Å². The molecule has 1 saturated carbocycles. The molecule has 1 aromatic rings. The number of ether oxygens (including phenoxy) is 2. The van der Waals surface area contributed by atoms with Gasteiger partial charge in [0, 0.05) is 0 Å². The molecule has 9 heteroatoms. The van der Waals surface area contributed by atoms with Crippen LogP contribution in [0.2, 0.25) is 0 Å². The van der Waals surface area contributed by atoms with E-state index in [4.69, 9.17) is 9.47 Å². The Morgan fingerprint density at radius 2 is 1.90 bits per heavy atom. The van der Waals surface area contributed by atoms with Gasteiger partial charge in [-0.25, -0.2) is 9.59 Å². The van der Waals surface area contributed by atoms with Gasteiger partial charge in [-0.1, -0.05) is 32.0 Å². The number of carbonyl (C=O) groups excluding carboxylic acids is 4. The van der Waals surface area contributed by atoms with Gasteiger partial charge in [-0.05, 0) is 50.2 Å². The molecule has 1 heterocycles. The number of esters is 1. The van der Waals surface area contributed by atoms with Crippen molar-refractivity contribution in [3.63, 3.8) is 0 Å². The van der Waals surface area contributed by atoms with E-state index in [2.05, 4.69) is 17.7 Å². The predicted molar refractivity (Wildman–Crippen MR) is 106 cm³/mol. The van der Waals surface area contributed by atoms with E-state index in [0.29, 0.717) is 35.9 Å². The molecule has 1 spiro atoms. The maximum Gasteiger partial charge on any atom is 0.347 e. The molecule has 30 heavy (non-hydrogen) atoms. The third-order valence-electron chi connectivity index (χ3n) is 5.53. The summed E-state index contributed by atoms with van der Waals surface area (Å²) in [6.07, 6.45) is 2.20. The Kier molecular flexibility index (Phi) is 6.59. The van der Waals surface area contributed by atoms with Crippen molar-refractivity contribution in [3.8, 4) is 5.75 Å². The van der Waals surface area contributed by atoms with Crippen LogP contribution < -0.4 is 15.5 Å². The molecule has 0 bridgehead atoms. The maximum atomic E-state index is 12.7. The lowest BCUT2D eigenvalue weighted by Crippen LogP contribution is -2.52. The molecule has 0 radical (unpaired) electrons. The van der Waals surface area contributed by atoms with E-state index in [1.54, 1.807) is 31.2 Å². The molecule has 162 valence electrons. The first-order chi connectivity index (χ1) is 14.3. The predicted octanol–water partition coefficient (Wildman–Crippen LogP) is 1.92. The van der Waals surface area contributed by atoms with E-state index in [1.807, 2.05) is 6.07 Å². The van der Waals surface area contributed by atoms with Gasteiger partial charge in [-0.3, -0.25) is 15.0 Å². The summed E-state index contributed by atoms with van der Waals surface area (Å²) in [5.74, 6) is -0.947. The Morgan fingerprint density at radius 1 is 1.23 bits per heavy atom. The van der Waals surface area contributed by atoms with E-state index in [9.17, 15) is 19.2 Å². The fraction of sp³-hybridized carbons (Fsp3) is 0.524. The number of rotatable bonds is 7. The lowest BCUT2D eigenvalue weighted by molar-refractivity contribution is -0.156. The van der Waals surface area contributed by atoms with Crippen molar-refractivity contribution in [2.75, 3.05) is 6.61 Å². The zero-order valence-corrected chi connectivity index (χ0v) is 17.2. The molecule has 1 atom stereocenters. The van der Waals surface area contributed by atoms with Crippen LogP contribution in [0.3, 0.4) is 0 Å². The van der Waals surface area contributed by atoms with E-state index < -0.39 is 42.1 Å².